The summed E-state index contributed by atoms with van der Waals surface area (Å²) in [6.07, 6.45) is 0. The lowest BCUT2D eigenvalue weighted by atomic mass is 9.91. The Morgan fingerprint density at radius 1 is 0.280 bits per heavy atom. The van der Waals surface area contributed by atoms with Crippen LogP contribution in [0.5, 0.6) is 0 Å². The van der Waals surface area contributed by atoms with Gasteiger partial charge in [-0.1, -0.05) is 206 Å². The van der Waals surface area contributed by atoms with Crippen LogP contribution in [0.4, 0.5) is 0 Å². The summed E-state index contributed by atoms with van der Waals surface area (Å²) in [6, 6.07) is 92.2. The van der Waals surface area contributed by atoms with Gasteiger partial charge in [-0.2, -0.15) is 9.97 Å². The Kier molecular flexibility index (Phi) is 9.78. The van der Waals surface area contributed by atoms with Gasteiger partial charge in [0.15, 0.2) is 11.6 Å². The fourth-order valence-electron chi connectivity index (χ4n) is 11.4. The van der Waals surface area contributed by atoms with E-state index in [-0.39, 0.29) is 0 Å². The van der Waals surface area contributed by atoms with Gasteiger partial charge in [-0.3, -0.25) is 4.57 Å². The molecule has 4 heterocycles. The minimum Gasteiger partial charge on any atom is -0.456 e. The summed E-state index contributed by atoms with van der Waals surface area (Å²) in [7, 11) is 0. The summed E-state index contributed by atoms with van der Waals surface area (Å²) < 4.78 is 11.5. The van der Waals surface area contributed by atoms with Crippen LogP contribution in [0.1, 0.15) is 0 Å². The van der Waals surface area contributed by atoms with Crippen LogP contribution in [0.25, 0.3) is 144 Å². The smallest absolute Gasteiger partial charge is 0.238 e. The van der Waals surface area contributed by atoms with E-state index in [0.29, 0.717) is 17.6 Å². The fraction of sp³-hybridized carbons (Fsp3) is 0. The van der Waals surface area contributed by atoms with Gasteiger partial charge in [0, 0.05) is 49.1 Å². The summed E-state index contributed by atoms with van der Waals surface area (Å²) in [5.74, 6) is 1.63. The van der Waals surface area contributed by atoms with E-state index in [2.05, 4.69) is 240 Å². The first-order valence-electron chi connectivity index (χ1n) is 25.3. The number of furan rings is 1. The number of hydrogen-bond acceptors (Lipinski definition) is 4. The average Bonchev–Trinajstić information content (AvgIpc) is 4.17. The molecule has 11 aromatic carbocycles. The minimum atomic E-state index is 0.516. The molecule has 0 unspecified atom stereocenters. The average molecular weight is 958 g/mol. The molecule has 0 aliphatic heterocycles. The topological polar surface area (TPSA) is 61.7 Å². The van der Waals surface area contributed by atoms with E-state index < -0.39 is 0 Å². The molecule has 0 N–H and O–H groups in total. The predicted molar refractivity (Wildman–Crippen MR) is 308 cm³/mol. The first-order chi connectivity index (χ1) is 37.2. The highest BCUT2D eigenvalue weighted by atomic mass is 16.3. The molecule has 4 aromatic heterocycles. The number of rotatable bonds is 8. The highest BCUT2D eigenvalue weighted by molar-refractivity contribution is 6.24. The third-order valence-corrected chi connectivity index (χ3v) is 14.8. The normalized spacial score (nSPS) is 11.7. The molecule has 0 atom stereocenters. The van der Waals surface area contributed by atoms with Gasteiger partial charge in [0.1, 0.15) is 11.2 Å². The maximum Gasteiger partial charge on any atom is 0.238 e. The summed E-state index contributed by atoms with van der Waals surface area (Å²) in [5, 5.41) is 6.45. The molecular weight excluding hydrogens is 915 g/mol. The lowest BCUT2D eigenvalue weighted by Crippen LogP contribution is -2.07. The molecular formula is C69H43N5O. The Hall–Kier alpha value is -10.2. The SMILES string of the molecule is c1ccc(-c2ccc(-n3c4ccccc4c4ccc5c6ccccc6n(-c6nc(-c7ccccc7)nc(-c7cccc8oc9cccc(-c%10cc(-c%11ccccc%11)cc(-c%11ccccc%11)c%10)c9c78)n6)c5c43)cc2)cc1. The van der Waals surface area contributed by atoms with Crippen LogP contribution in [-0.2, 0) is 0 Å². The highest BCUT2D eigenvalue weighted by Gasteiger charge is 2.25. The molecule has 0 bridgehead atoms. The summed E-state index contributed by atoms with van der Waals surface area (Å²) in [4.78, 5) is 16.5. The number of para-hydroxylation sites is 2. The molecule has 0 spiro atoms. The van der Waals surface area contributed by atoms with Crippen LogP contribution in [0.2, 0.25) is 0 Å². The molecule has 350 valence electrons. The second kappa shape index (κ2) is 17.3. The van der Waals surface area contributed by atoms with E-state index in [4.69, 9.17) is 19.4 Å². The second-order valence-corrected chi connectivity index (χ2v) is 19.1. The van der Waals surface area contributed by atoms with Crippen molar-refractivity contribution in [3.05, 3.63) is 261 Å². The number of fused-ring (bicyclic) bond motifs is 10. The van der Waals surface area contributed by atoms with E-state index in [1.807, 2.05) is 30.3 Å². The van der Waals surface area contributed by atoms with Gasteiger partial charge in [-0.15, -0.1) is 0 Å². The number of nitrogens with zero attached hydrogens (tertiary/aromatic N) is 5. The van der Waals surface area contributed by atoms with E-state index >= 15 is 0 Å². The van der Waals surface area contributed by atoms with Crippen LogP contribution in [0.3, 0.4) is 0 Å². The van der Waals surface area contributed by atoms with Gasteiger partial charge in [0.05, 0.1) is 22.1 Å². The zero-order valence-corrected chi connectivity index (χ0v) is 40.5. The predicted octanol–water partition coefficient (Wildman–Crippen LogP) is 18.0. The van der Waals surface area contributed by atoms with Crippen molar-refractivity contribution in [2.24, 2.45) is 0 Å². The van der Waals surface area contributed by atoms with Crippen molar-refractivity contribution in [3.63, 3.8) is 0 Å². The van der Waals surface area contributed by atoms with Crippen molar-refractivity contribution in [2.75, 3.05) is 0 Å². The van der Waals surface area contributed by atoms with Crippen molar-refractivity contribution in [1.82, 2.24) is 24.1 Å². The molecule has 0 saturated heterocycles. The maximum absolute atomic E-state index is 6.82. The Morgan fingerprint density at radius 3 is 1.31 bits per heavy atom. The van der Waals surface area contributed by atoms with E-state index in [1.165, 1.54) is 10.9 Å². The molecule has 0 fully saturated rings. The third-order valence-electron chi connectivity index (χ3n) is 14.8. The summed E-state index contributed by atoms with van der Waals surface area (Å²) in [6.45, 7) is 0. The lowest BCUT2D eigenvalue weighted by molar-refractivity contribution is 0.669. The van der Waals surface area contributed by atoms with Gasteiger partial charge in [0.25, 0.3) is 0 Å². The Balaban J connectivity index is 1.00. The molecule has 6 nitrogen and oxygen atoms in total. The van der Waals surface area contributed by atoms with Crippen LogP contribution >= 0.6 is 0 Å². The summed E-state index contributed by atoms with van der Waals surface area (Å²) in [5.41, 5.74) is 17.6. The zero-order chi connectivity index (χ0) is 49.4. The third kappa shape index (κ3) is 6.99. The van der Waals surface area contributed by atoms with Crippen molar-refractivity contribution < 1.29 is 4.42 Å². The Labute approximate surface area is 431 Å². The fourth-order valence-corrected chi connectivity index (χ4v) is 11.4. The van der Waals surface area contributed by atoms with Gasteiger partial charge in [-0.25, -0.2) is 4.98 Å². The molecule has 15 aromatic rings. The van der Waals surface area contributed by atoms with Gasteiger partial charge >= 0.3 is 0 Å². The van der Waals surface area contributed by atoms with E-state index in [0.717, 1.165) is 116 Å². The zero-order valence-electron chi connectivity index (χ0n) is 40.5. The molecule has 0 aliphatic carbocycles. The maximum atomic E-state index is 6.82. The van der Waals surface area contributed by atoms with Crippen molar-refractivity contribution in [2.45, 2.75) is 0 Å². The standard InChI is InChI=1S/C69H43N5O/c1-5-19-44(20-6-1)47-35-37-52(38-36-47)73-59-31-15-13-27-54(59)56-39-40-57-55-28-14-16-32-60(55)74(66(57)65(56)73)69-71-67(48-25-11-4-12-26-48)70-68(72-69)58-30-18-34-62-64(58)63-53(29-17-33-61(63)75-62)51-42-49(45-21-7-2-8-22-45)41-50(43-51)46-23-9-3-10-24-46/h1-43H. The van der Waals surface area contributed by atoms with Crippen LogP contribution in [0.15, 0.2) is 265 Å². The minimum absolute atomic E-state index is 0.516. The quantitative estimate of drug-likeness (QED) is 0.152. The van der Waals surface area contributed by atoms with Gasteiger partial charge in [-0.05, 0) is 99.1 Å². The van der Waals surface area contributed by atoms with Crippen molar-refractivity contribution in [1.29, 1.82) is 0 Å². The molecule has 0 aliphatic rings. The van der Waals surface area contributed by atoms with Crippen LogP contribution in [0, 0.1) is 0 Å². The molecule has 0 saturated carbocycles. The number of hydrogen-bond donors (Lipinski definition) is 0. The molecule has 15 rings (SSSR count). The van der Waals surface area contributed by atoms with Gasteiger partial charge in [0.2, 0.25) is 5.95 Å². The molecule has 0 amide bonds. The van der Waals surface area contributed by atoms with E-state index in [1.54, 1.807) is 0 Å². The molecule has 6 heteroatoms. The van der Waals surface area contributed by atoms with Crippen molar-refractivity contribution >= 4 is 65.6 Å². The lowest BCUT2D eigenvalue weighted by Gasteiger charge is -2.14. The Bertz CT molecular complexity index is 4620. The summed E-state index contributed by atoms with van der Waals surface area (Å²) >= 11 is 0. The molecule has 75 heavy (non-hydrogen) atoms. The van der Waals surface area contributed by atoms with Crippen LogP contribution in [-0.4, -0.2) is 24.1 Å². The number of benzene rings is 11. The Morgan fingerprint density at radius 2 is 0.720 bits per heavy atom. The number of aromatic nitrogens is 5. The first kappa shape index (κ1) is 42.5. The monoisotopic (exact) mass is 957 g/mol. The molecule has 0 radical (unpaired) electrons. The van der Waals surface area contributed by atoms with E-state index in [9.17, 15) is 0 Å². The highest BCUT2D eigenvalue weighted by Crippen LogP contribution is 2.45. The second-order valence-electron chi connectivity index (χ2n) is 19.1. The van der Waals surface area contributed by atoms with Crippen LogP contribution < -0.4 is 0 Å². The first-order valence-corrected chi connectivity index (χ1v) is 25.3. The van der Waals surface area contributed by atoms with Crippen molar-refractivity contribution in [3.8, 4) is 78.9 Å². The van der Waals surface area contributed by atoms with Gasteiger partial charge < -0.3 is 8.98 Å². The largest absolute Gasteiger partial charge is 0.456 e.